The van der Waals surface area contributed by atoms with Crippen molar-refractivity contribution in [2.24, 2.45) is 0 Å². The monoisotopic (exact) mass is 478 g/mol. The van der Waals surface area contributed by atoms with Crippen molar-refractivity contribution >= 4 is 33.4 Å². The summed E-state index contributed by atoms with van der Waals surface area (Å²) in [4.78, 5) is 51.1. The molecule has 0 aliphatic carbocycles. The molecular weight excluding hydrogens is 456 g/mol. The minimum absolute atomic E-state index is 0.281. The average Bonchev–Trinajstić information content (AvgIpc) is 3.45. The van der Waals surface area contributed by atoms with Crippen molar-refractivity contribution in [2.45, 2.75) is 33.4 Å². The molecule has 0 atom stereocenters. The fourth-order valence-electron chi connectivity index (χ4n) is 4.12. The van der Waals surface area contributed by atoms with Gasteiger partial charge in [0.05, 0.1) is 18.4 Å². The molecule has 4 heterocycles. The van der Waals surface area contributed by atoms with Crippen molar-refractivity contribution in [3.63, 3.8) is 0 Å². The Bertz CT molecular complexity index is 1640. The second-order valence-corrected chi connectivity index (χ2v) is 9.14. The molecule has 0 aliphatic heterocycles. The van der Waals surface area contributed by atoms with E-state index in [2.05, 4.69) is 4.98 Å². The number of methoxy groups -OCH3 is 1. The molecule has 10 nitrogen and oxygen atoms in total. The number of carbonyl (C=O) groups excluding carboxylic acids is 1. The lowest BCUT2D eigenvalue weighted by Gasteiger charge is -2.10. The average molecular weight is 479 g/mol. The Morgan fingerprint density at radius 2 is 2.00 bits per heavy atom. The molecule has 1 aromatic carbocycles. The van der Waals surface area contributed by atoms with Gasteiger partial charge in [0.25, 0.3) is 5.56 Å². The first-order valence-corrected chi connectivity index (χ1v) is 11.5. The van der Waals surface area contributed by atoms with E-state index in [0.717, 1.165) is 21.1 Å². The van der Waals surface area contributed by atoms with Crippen LogP contribution < -0.4 is 11.2 Å². The van der Waals surface area contributed by atoms with Gasteiger partial charge in [-0.2, -0.15) is 0 Å². The Morgan fingerprint density at radius 1 is 1.18 bits per heavy atom. The summed E-state index contributed by atoms with van der Waals surface area (Å²) in [6.45, 7) is 4.49. The number of hydrogen-bond acceptors (Lipinski definition) is 7. The summed E-state index contributed by atoms with van der Waals surface area (Å²) in [6.07, 6.45) is 4.32. The van der Waals surface area contributed by atoms with Gasteiger partial charge in [-0.15, -0.1) is 11.3 Å². The van der Waals surface area contributed by atoms with Crippen molar-refractivity contribution in [3.8, 4) is 0 Å². The number of aromatic amines is 1. The Balaban J connectivity index is 1.66. The third-order valence-electron chi connectivity index (χ3n) is 5.63. The SMILES string of the molecule is CCn1c(=O)[nH]c(=O)c2c1nc(Cc1cn3cc(C)sc3n1)n2Cc1cccc(C(=O)OC)c1. The topological polar surface area (TPSA) is 116 Å². The van der Waals surface area contributed by atoms with Crippen LogP contribution in [0.2, 0.25) is 0 Å². The molecule has 5 aromatic rings. The van der Waals surface area contributed by atoms with Crippen LogP contribution in [0.1, 0.15) is 39.2 Å². The number of imidazole rings is 2. The first-order valence-electron chi connectivity index (χ1n) is 10.7. The van der Waals surface area contributed by atoms with Gasteiger partial charge >= 0.3 is 11.7 Å². The molecule has 0 bridgehead atoms. The lowest BCUT2D eigenvalue weighted by molar-refractivity contribution is 0.0600. The number of carbonyl (C=O) groups is 1. The van der Waals surface area contributed by atoms with Crippen LogP contribution in [-0.2, 0) is 24.2 Å². The standard InChI is InChI=1S/C23H22N6O4S/c1-4-28-19-18(20(30)26-22(28)32)29(11-14-6-5-7-15(8-14)21(31)33-3)17(25-19)9-16-12-27-10-13(2)34-23(27)24-16/h5-8,10,12H,4,9,11H2,1-3H3,(H,26,30,32). The third kappa shape index (κ3) is 3.73. The number of aryl methyl sites for hydroxylation is 2. The highest BCUT2D eigenvalue weighted by Crippen LogP contribution is 2.21. The van der Waals surface area contributed by atoms with Crippen LogP contribution in [0.25, 0.3) is 16.1 Å². The zero-order chi connectivity index (χ0) is 24.0. The molecule has 0 radical (unpaired) electrons. The number of nitrogens with zero attached hydrogens (tertiary/aromatic N) is 5. The summed E-state index contributed by atoms with van der Waals surface area (Å²) in [5, 5.41) is 0. The second-order valence-electron chi connectivity index (χ2n) is 7.92. The van der Waals surface area contributed by atoms with Gasteiger partial charge in [0.1, 0.15) is 5.82 Å². The molecule has 0 amide bonds. The third-order valence-corrected chi connectivity index (χ3v) is 6.54. The largest absolute Gasteiger partial charge is 0.465 e. The predicted octanol–water partition coefficient (Wildman–Crippen LogP) is 2.35. The molecule has 0 spiro atoms. The number of ether oxygens (including phenoxy) is 1. The van der Waals surface area contributed by atoms with Crippen LogP contribution >= 0.6 is 11.3 Å². The highest BCUT2D eigenvalue weighted by Gasteiger charge is 2.20. The Labute approximate surface area is 197 Å². The molecule has 5 rings (SSSR count). The summed E-state index contributed by atoms with van der Waals surface area (Å²) < 4.78 is 10.0. The summed E-state index contributed by atoms with van der Waals surface area (Å²) >= 11 is 1.59. The van der Waals surface area contributed by atoms with E-state index in [1.165, 1.54) is 11.7 Å². The molecular formula is C23H22N6O4S. The normalized spacial score (nSPS) is 11.5. The van der Waals surface area contributed by atoms with Gasteiger partial charge in [-0.1, -0.05) is 12.1 Å². The Hall–Kier alpha value is -3.99. The highest BCUT2D eigenvalue weighted by molar-refractivity contribution is 7.16. The molecule has 11 heteroatoms. The van der Waals surface area contributed by atoms with E-state index >= 15 is 0 Å². The lowest BCUT2D eigenvalue weighted by Crippen LogP contribution is -2.30. The van der Waals surface area contributed by atoms with Crippen LogP contribution in [0.3, 0.4) is 0 Å². The number of fused-ring (bicyclic) bond motifs is 2. The van der Waals surface area contributed by atoms with E-state index in [1.54, 1.807) is 34.1 Å². The summed E-state index contributed by atoms with van der Waals surface area (Å²) in [5.74, 6) is 0.155. The number of hydrogen-bond donors (Lipinski definition) is 1. The number of thiazole rings is 1. The van der Waals surface area contributed by atoms with Crippen LogP contribution in [0.4, 0.5) is 0 Å². The number of rotatable bonds is 6. The fraction of sp³-hybridized carbons (Fsp3) is 0.261. The smallest absolute Gasteiger partial charge is 0.337 e. The van der Waals surface area contributed by atoms with Crippen LogP contribution in [0.15, 0.2) is 46.2 Å². The van der Waals surface area contributed by atoms with E-state index < -0.39 is 17.2 Å². The lowest BCUT2D eigenvalue weighted by atomic mass is 10.1. The molecule has 0 aliphatic rings. The highest BCUT2D eigenvalue weighted by atomic mass is 32.1. The summed E-state index contributed by atoms with van der Waals surface area (Å²) in [7, 11) is 1.33. The van der Waals surface area contributed by atoms with Crippen molar-refractivity contribution in [1.29, 1.82) is 0 Å². The number of esters is 1. The second kappa shape index (κ2) is 8.41. The minimum atomic E-state index is -0.506. The zero-order valence-corrected chi connectivity index (χ0v) is 19.7. The van der Waals surface area contributed by atoms with Crippen LogP contribution in [0.5, 0.6) is 0 Å². The zero-order valence-electron chi connectivity index (χ0n) is 18.9. The first kappa shape index (κ1) is 21.8. The molecule has 0 saturated carbocycles. The van der Waals surface area contributed by atoms with Gasteiger partial charge in [0.15, 0.2) is 16.1 Å². The molecule has 0 saturated heterocycles. The maximum Gasteiger partial charge on any atom is 0.337 e. The van der Waals surface area contributed by atoms with Crippen molar-refractivity contribution in [1.82, 2.24) is 28.5 Å². The minimum Gasteiger partial charge on any atom is -0.465 e. The number of benzene rings is 1. The number of H-pyrrole nitrogens is 1. The van der Waals surface area contributed by atoms with Gasteiger partial charge in [-0.05, 0) is 31.5 Å². The Morgan fingerprint density at radius 3 is 2.74 bits per heavy atom. The van der Waals surface area contributed by atoms with Gasteiger partial charge in [-0.3, -0.25) is 18.7 Å². The molecule has 174 valence electrons. The Kier molecular flexibility index (Phi) is 5.40. The van der Waals surface area contributed by atoms with E-state index in [1.807, 2.05) is 36.7 Å². The van der Waals surface area contributed by atoms with E-state index in [0.29, 0.717) is 35.5 Å². The van der Waals surface area contributed by atoms with Gasteiger partial charge in [0.2, 0.25) is 0 Å². The number of nitrogens with one attached hydrogen (secondary N) is 1. The van der Waals surface area contributed by atoms with E-state index in [-0.39, 0.29) is 6.54 Å². The van der Waals surface area contributed by atoms with E-state index in [9.17, 15) is 14.4 Å². The first-order chi connectivity index (χ1) is 16.4. The number of aromatic nitrogens is 6. The fourth-order valence-corrected chi connectivity index (χ4v) is 4.95. The van der Waals surface area contributed by atoms with Crippen molar-refractivity contribution in [2.75, 3.05) is 7.11 Å². The van der Waals surface area contributed by atoms with Crippen LogP contribution in [0, 0.1) is 6.92 Å². The maximum atomic E-state index is 12.9. The van der Waals surface area contributed by atoms with Gasteiger partial charge < -0.3 is 9.30 Å². The van der Waals surface area contributed by atoms with Gasteiger partial charge in [-0.25, -0.2) is 19.6 Å². The predicted molar refractivity (Wildman–Crippen MR) is 128 cm³/mol. The van der Waals surface area contributed by atoms with Crippen molar-refractivity contribution < 1.29 is 9.53 Å². The van der Waals surface area contributed by atoms with Gasteiger partial charge in [0, 0.05) is 36.8 Å². The summed E-state index contributed by atoms with van der Waals surface area (Å²) in [5.41, 5.74) is 1.63. The molecule has 0 fully saturated rings. The summed E-state index contributed by atoms with van der Waals surface area (Å²) in [6, 6.07) is 7.02. The maximum absolute atomic E-state index is 12.9. The quantitative estimate of drug-likeness (QED) is 0.375. The molecule has 34 heavy (non-hydrogen) atoms. The van der Waals surface area contributed by atoms with E-state index in [4.69, 9.17) is 14.7 Å². The molecule has 1 N–H and O–H groups in total. The molecule has 4 aromatic heterocycles. The molecule has 0 unspecified atom stereocenters. The van der Waals surface area contributed by atoms with Crippen LogP contribution in [-0.4, -0.2) is 41.6 Å². The van der Waals surface area contributed by atoms with Crippen molar-refractivity contribution in [3.05, 3.63) is 85.0 Å².